The van der Waals surface area contributed by atoms with Crippen molar-refractivity contribution in [3.63, 3.8) is 0 Å². The third kappa shape index (κ3) is 2.96. The molecule has 2 heterocycles. The van der Waals surface area contributed by atoms with E-state index in [0.717, 1.165) is 6.07 Å². The largest absolute Gasteiger partial charge is 0.472 e. The number of nitrogens with zero attached hydrogens (tertiary/aromatic N) is 1. The van der Waals surface area contributed by atoms with E-state index < -0.39 is 29.8 Å². The molecule has 1 aliphatic rings. The molecule has 0 spiro atoms. The Morgan fingerprint density at radius 1 is 1.26 bits per heavy atom. The summed E-state index contributed by atoms with van der Waals surface area (Å²) in [5.41, 5.74) is -0.550. The molecule has 1 fully saturated rings. The van der Waals surface area contributed by atoms with Crippen LogP contribution in [0.15, 0.2) is 47.3 Å². The Kier molecular flexibility index (Phi) is 3.89. The van der Waals surface area contributed by atoms with Crippen molar-refractivity contribution >= 4 is 5.91 Å². The number of β-amino-alcohol motifs (C(OH)–C–C–N with tert-alkyl or cyclic N) is 1. The highest BCUT2D eigenvalue weighted by Crippen LogP contribution is 2.40. The van der Waals surface area contributed by atoms with Crippen LogP contribution < -0.4 is 0 Å². The summed E-state index contributed by atoms with van der Waals surface area (Å²) in [6.07, 6.45) is -2.76. The number of furan rings is 1. The zero-order chi connectivity index (χ0) is 16.6. The van der Waals surface area contributed by atoms with Gasteiger partial charge in [-0.1, -0.05) is 18.2 Å². The minimum absolute atomic E-state index is 0.00612. The number of likely N-dealkylation sites (tertiary alicyclic amines) is 1. The number of benzene rings is 1. The van der Waals surface area contributed by atoms with Gasteiger partial charge in [-0.05, 0) is 24.1 Å². The van der Waals surface area contributed by atoms with Crippen molar-refractivity contribution in [2.45, 2.75) is 24.7 Å². The third-order valence-electron chi connectivity index (χ3n) is 3.93. The average Bonchev–Trinajstić information content (AvgIpc) is 3.15. The number of halogens is 3. The van der Waals surface area contributed by atoms with E-state index in [4.69, 9.17) is 4.42 Å². The minimum Gasteiger partial charge on any atom is -0.472 e. The summed E-state index contributed by atoms with van der Waals surface area (Å²) in [5, 5.41) is 9.87. The second kappa shape index (κ2) is 5.73. The first kappa shape index (κ1) is 15.6. The van der Waals surface area contributed by atoms with Crippen LogP contribution in [0.3, 0.4) is 0 Å². The molecule has 7 heteroatoms. The summed E-state index contributed by atoms with van der Waals surface area (Å²) in [4.78, 5) is 13.7. The number of carbonyl (C=O) groups excluding carboxylic acids is 1. The van der Waals surface area contributed by atoms with Crippen LogP contribution in [-0.4, -0.2) is 28.6 Å². The fourth-order valence-corrected chi connectivity index (χ4v) is 2.93. The number of aliphatic hydroxyl groups excluding tert-OH is 1. The maximum Gasteiger partial charge on any atom is 0.416 e. The van der Waals surface area contributed by atoms with E-state index >= 15 is 0 Å². The Morgan fingerprint density at radius 3 is 2.65 bits per heavy atom. The molecule has 1 aliphatic heterocycles. The molecule has 1 aromatic heterocycles. The van der Waals surface area contributed by atoms with Crippen LogP contribution in [-0.2, 0) is 6.18 Å². The van der Waals surface area contributed by atoms with Gasteiger partial charge in [0.25, 0.3) is 5.91 Å². The highest BCUT2D eigenvalue weighted by atomic mass is 19.4. The lowest BCUT2D eigenvalue weighted by molar-refractivity contribution is -0.138. The predicted molar refractivity (Wildman–Crippen MR) is 74.6 cm³/mol. The molecule has 0 radical (unpaired) electrons. The molecule has 122 valence electrons. The fraction of sp³-hybridized carbons (Fsp3) is 0.312. The molecule has 4 nitrogen and oxygen atoms in total. The van der Waals surface area contributed by atoms with Gasteiger partial charge in [0.1, 0.15) is 6.26 Å². The summed E-state index contributed by atoms with van der Waals surface area (Å²) >= 11 is 0. The first-order valence-corrected chi connectivity index (χ1v) is 7.05. The lowest BCUT2D eigenvalue weighted by Crippen LogP contribution is -2.32. The maximum atomic E-state index is 13.2. The molecule has 1 saturated heterocycles. The molecule has 2 atom stereocenters. The molecule has 1 N–H and O–H groups in total. The SMILES string of the molecule is O=C(c1ccoc1)N1C[C@@H](O)C[C@@H]1c1ccccc1C(F)(F)F. The Hall–Kier alpha value is -2.28. The van der Waals surface area contributed by atoms with Crippen LogP contribution >= 0.6 is 0 Å². The number of hydrogen-bond donors (Lipinski definition) is 1. The number of aliphatic hydroxyl groups is 1. The van der Waals surface area contributed by atoms with Gasteiger partial charge >= 0.3 is 6.18 Å². The van der Waals surface area contributed by atoms with E-state index in [1.54, 1.807) is 0 Å². The van der Waals surface area contributed by atoms with E-state index in [1.165, 1.54) is 41.7 Å². The molecule has 1 amide bonds. The van der Waals surface area contributed by atoms with E-state index in [2.05, 4.69) is 0 Å². The fourth-order valence-electron chi connectivity index (χ4n) is 2.93. The molecule has 0 bridgehead atoms. The van der Waals surface area contributed by atoms with Crippen molar-refractivity contribution in [2.24, 2.45) is 0 Å². The van der Waals surface area contributed by atoms with E-state index in [9.17, 15) is 23.1 Å². The van der Waals surface area contributed by atoms with Gasteiger partial charge in [-0.3, -0.25) is 4.79 Å². The van der Waals surface area contributed by atoms with Crippen LogP contribution in [0.25, 0.3) is 0 Å². The number of amides is 1. The monoisotopic (exact) mass is 325 g/mol. The molecule has 0 unspecified atom stereocenters. The zero-order valence-electron chi connectivity index (χ0n) is 12.0. The number of carbonyl (C=O) groups is 1. The van der Waals surface area contributed by atoms with Crippen LogP contribution in [0.2, 0.25) is 0 Å². The Balaban J connectivity index is 2.00. The lowest BCUT2D eigenvalue weighted by Gasteiger charge is -2.26. The van der Waals surface area contributed by atoms with Gasteiger partial charge in [0.05, 0.1) is 29.5 Å². The molecule has 3 rings (SSSR count). The topological polar surface area (TPSA) is 53.7 Å². The van der Waals surface area contributed by atoms with Crippen LogP contribution in [0.5, 0.6) is 0 Å². The van der Waals surface area contributed by atoms with Gasteiger partial charge < -0.3 is 14.4 Å². The molecule has 0 aliphatic carbocycles. The standard InChI is InChI=1S/C16H14F3NO3/c17-16(18,19)13-4-2-1-3-12(13)14-7-11(21)8-20(14)15(22)10-5-6-23-9-10/h1-6,9,11,14,21H,7-8H2/t11-,14+/m0/s1. The number of alkyl halides is 3. The van der Waals surface area contributed by atoms with E-state index in [1.807, 2.05) is 0 Å². The molecule has 0 saturated carbocycles. The highest BCUT2D eigenvalue weighted by Gasteiger charge is 2.41. The first-order chi connectivity index (χ1) is 10.9. The van der Waals surface area contributed by atoms with Crippen molar-refractivity contribution in [3.05, 3.63) is 59.5 Å². The van der Waals surface area contributed by atoms with Crippen LogP contribution in [0.1, 0.15) is 33.9 Å². The summed E-state index contributed by atoms with van der Waals surface area (Å²) in [6, 6.07) is 5.75. The average molecular weight is 325 g/mol. The van der Waals surface area contributed by atoms with Crippen molar-refractivity contribution < 1.29 is 27.5 Å². The number of hydrogen-bond acceptors (Lipinski definition) is 3. The Morgan fingerprint density at radius 2 is 2.00 bits per heavy atom. The van der Waals surface area contributed by atoms with E-state index in [0.29, 0.717) is 0 Å². The molecule has 1 aromatic carbocycles. The molecular formula is C16H14F3NO3. The van der Waals surface area contributed by atoms with Gasteiger partial charge in [0.15, 0.2) is 0 Å². The summed E-state index contributed by atoms with van der Waals surface area (Å²) < 4.78 is 44.5. The van der Waals surface area contributed by atoms with Crippen molar-refractivity contribution in [2.75, 3.05) is 6.54 Å². The van der Waals surface area contributed by atoms with Gasteiger partial charge in [-0.15, -0.1) is 0 Å². The molecular weight excluding hydrogens is 311 g/mol. The molecule has 23 heavy (non-hydrogen) atoms. The first-order valence-electron chi connectivity index (χ1n) is 7.05. The Labute approximate surface area is 130 Å². The smallest absolute Gasteiger partial charge is 0.416 e. The zero-order valence-corrected chi connectivity index (χ0v) is 12.0. The van der Waals surface area contributed by atoms with E-state index in [-0.39, 0.29) is 24.1 Å². The lowest BCUT2D eigenvalue weighted by atomic mass is 9.97. The predicted octanol–water partition coefficient (Wildman–Crippen LogP) is 3.25. The van der Waals surface area contributed by atoms with Crippen molar-refractivity contribution in [1.82, 2.24) is 4.90 Å². The summed E-state index contributed by atoms with van der Waals surface area (Å²) in [7, 11) is 0. The Bertz CT molecular complexity index is 697. The van der Waals surface area contributed by atoms with Crippen molar-refractivity contribution in [3.8, 4) is 0 Å². The van der Waals surface area contributed by atoms with Crippen LogP contribution in [0.4, 0.5) is 13.2 Å². The second-order valence-electron chi connectivity index (χ2n) is 5.46. The summed E-state index contributed by atoms with van der Waals surface area (Å²) in [5.74, 6) is -0.461. The maximum absolute atomic E-state index is 13.2. The minimum atomic E-state index is -4.52. The van der Waals surface area contributed by atoms with Crippen molar-refractivity contribution in [1.29, 1.82) is 0 Å². The normalized spacial score (nSPS) is 21.7. The van der Waals surface area contributed by atoms with Gasteiger partial charge in [-0.2, -0.15) is 13.2 Å². The number of rotatable bonds is 2. The van der Waals surface area contributed by atoms with Gasteiger partial charge in [0.2, 0.25) is 0 Å². The van der Waals surface area contributed by atoms with Crippen LogP contribution in [0, 0.1) is 0 Å². The van der Waals surface area contributed by atoms with Gasteiger partial charge in [0, 0.05) is 6.54 Å². The molecule has 2 aromatic rings. The second-order valence-corrected chi connectivity index (χ2v) is 5.46. The summed E-state index contributed by atoms with van der Waals surface area (Å²) in [6.45, 7) is -0.0130. The third-order valence-corrected chi connectivity index (χ3v) is 3.93. The quantitative estimate of drug-likeness (QED) is 0.922. The highest BCUT2D eigenvalue weighted by molar-refractivity contribution is 5.94. The van der Waals surface area contributed by atoms with Gasteiger partial charge in [-0.25, -0.2) is 0 Å².